The normalized spacial score (nSPS) is 42.1. The van der Waals surface area contributed by atoms with Gasteiger partial charge in [-0.05, 0) is 25.3 Å². The third-order valence-corrected chi connectivity index (χ3v) is 9.79. The lowest BCUT2D eigenvalue weighted by molar-refractivity contribution is -0.164. The summed E-state index contributed by atoms with van der Waals surface area (Å²) in [6, 6.07) is 5.91. The summed E-state index contributed by atoms with van der Waals surface area (Å²) >= 11 is 1.53. The van der Waals surface area contributed by atoms with Gasteiger partial charge < -0.3 is 9.80 Å². The Morgan fingerprint density at radius 2 is 2.04 bits per heavy atom. The minimum atomic E-state index is -0.965. The van der Waals surface area contributed by atoms with Crippen LogP contribution in [-0.4, -0.2) is 38.4 Å². The van der Waals surface area contributed by atoms with E-state index in [1.54, 1.807) is 23.8 Å². The predicted molar refractivity (Wildman–Crippen MR) is 91.3 cm³/mol. The van der Waals surface area contributed by atoms with E-state index in [4.69, 9.17) is 0 Å². The van der Waals surface area contributed by atoms with Gasteiger partial charge in [-0.15, -0.1) is 11.3 Å². The molecule has 5 heterocycles. The Kier molecular flexibility index (Phi) is 2.98. The molecular weight excluding hydrogens is 350 g/mol. The van der Waals surface area contributed by atoms with E-state index >= 15 is 0 Å². The van der Waals surface area contributed by atoms with Crippen LogP contribution in [0.15, 0.2) is 17.5 Å². The molecule has 8 heteroatoms. The predicted octanol–water partition coefficient (Wildman–Crippen LogP) is 2.83. The van der Waals surface area contributed by atoms with Gasteiger partial charge in [-0.25, -0.2) is 0 Å². The number of carbonyl (C=O) groups is 2. The molecule has 0 radical (unpaired) electrons. The smallest absolute Gasteiger partial charge is 0.261 e. The van der Waals surface area contributed by atoms with Gasteiger partial charge >= 0.3 is 0 Å². The lowest BCUT2D eigenvalue weighted by Crippen LogP contribution is -2.73. The van der Waals surface area contributed by atoms with Crippen LogP contribution < -0.4 is 0 Å². The second-order valence-electron chi connectivity index (χ2n) is 6.60. The first-order valence-electron chi connectivity index (χ1n) is 7.24. The zero-order chi connectivity index (χ0) is 16.6. The van der Waals surface area contributed by atoms with Crippen molar-refractivity contribution in [2.24, 2.45) is 5.41 Å². The second kappa shape index (κ2) is 4.47. The Morgan fingerprint density at radius 3 is 2.65 bits per heavy atom. The van der Waals surface area contributed by atoms with Gasteiger partial charge in [0.2, 0.25) is 0 Å². The number of rotatable bonds is 1. The number of fused-ring (bicyclic) bond motifs is 2. The molecule has 4 fully saturated rings. The van der Waals surface area contributed by atoms with Gasteiger partial charge in [0.15, 0.2) is 9.74 Å². The van der Waals surface area contributed by atoms with Gasteiger partial charge in [-0.3, -0.25) is 9.59 Å². The Bertz CT molecular complexity index is 761. The Morgan fingerprint density at radius 1 is 1.30 bits per heavy atom. The Hall–Kier alpha value is -1.17. The number of amides is 2. The monoisotopic (exact) mass is 365 g/mol. The first-order valence-corrected chi connectivity index (χ1v) is 10.3. The van der Waals surface area contributed by atoms with Gasteiger partial charge in [0.05, 0.1) is 17.5 Å². The molecule has 23 heavy (non-hydrogen) atoms. The maximum atomic E-state index is 13.2. The molecule has 0 aliphatic carbocycles. The standard InChI is InChI=1S/C15H15N3O2S3/c1-13(8-16)7-15-12(20)17(3)14(2,22-23-15)11(19)18(15)10(13)9-5-4-6-21-9/h4-6,10H,7H2,1-3H3/t10-,13+,14?,15-/m0/s1. The number of carbonyl (C=O) groups excluding carboxylic acids is 2. The topological polar surface area (TPSA) is 64.4 Å². The van der Waals surface area contributed by atoms with Gasteiger partial charge in [0.1, 0.15) is 0 Å². The second-order valence-corrected chi connectivity index (χ2v) is 10.4. The molecule has 1 spiro atoms. The van der Waals surface area contributed by atoms with Gasteiger partial charge in [-0.2, -0.15) is 5.26 Å². The van der Waals surface area contributed by atoms with E-state index in [1.807, 2.05) is 24.4 Å². The number of hydrogen-bond donors (Lipinski definition) is 0. The van der Waals surface area contributed by atoms with E-state index in [9.17, 15) is 14.9 Å². The fourth-order valence-electron chi connectivity index (χ4n) is 3.79. The Labute approximate surface area is 146 Å². The number of hydrogen-bond acceptors (Lipinski definition) is 6. The molecule has 120 valence electrons. The SMILES string of the molecule is CN1C(=O)[C@@]23C[C@](C)(C#N)[C@H](c4cccs4)N2C(=O)C1(C)SS3. The number of thiophene rings is 1. The molecular formula is C15H15N3O2S3. The summed E-state index contributed by atoms with van der Waals surface area (Å²) in [5.74, 6) is -0.135. The Balaban J connectivity index is 1.95. The average Bonchev–Trinajstić information content (AvgIpc) is 3.13. The summed E-state index contributed by atoms with van der Waals surface area (Å²) in [5.41, 5.74) is -0.778. The van der Waals surface area contributed by atoms with Crippen molar-refractivity contribution < 1.29 is 9.59 Å². The van der Waals surface area contributed by atoms with Crippen molar-refractivity contribution in [3.63, 3.8) is 0 Å². The van der Waals surface area contributed by atoms with Crippen LogP contribution in [0.2, 0.25) is 0 Å². The molecule has 2 amide bonds. The minimum Gasteiger partial charge on any atom is -0.319 e. The van der Waals surface area contributed by atoms with Gasteiger partial charge in [0.25, 0.3) is 11.8 Å². The zero-order valence-electron chi connectivity index (χ0n) is 12.9. The van der Waals surface area contributed by atoms with Crippen molar-refractivity contribution in [1.29, 1.82) is 5.26 Å². The number of nitrogens with zero attached hydrogens (tertiary/aromatic N) is 3. The fraction of sp³-hybridized carbons (Fsp3) is 0.533. The largest absolute Gasteiger partial charge is 0.319 e. The van der Waals surface area contributed by atoms with E-state index in [-0.39, 0.29) is 17.9 Å². The van der Waals surface area contributed by atoms with Crippen LogP contribution in [0.3, 0.4) is 0 Å². The first kappa shape index (κ1) is 15.4. The molecule has 4 saturated heterocycles. The van der Waals surface area contributed by atoms with Crippen LogP contribution in [0.5, 0.6) is 0 Å². The maximum Gasteiger partial charge on any atom is 0.261 e. The van der Waals surface area contributed by atoms with Crippen LogP contribution in [0.4, 0.5) is 0 Å². The lowest BCUT2D eigenvalue weighted by Gasteiger charge is -2.57. The van der Waals surface area contributed by atoms with E-state index in [0.717, 1.165) is 4.88 Å². The summed E-state index contributed by atoms with van der Waals surface area (Å²) in [6.45, 7) is 3.66. The molecule has 1 aromatic heterocycles. The summed E-state index contributed by atoms with van der Waals surface area (Å²) in [4.78, 5) is 28.7. The quantitative estimate of drug-likeness (QED) is 0.716. The molecule has 5 nitrogen and oxygen atoms in total. The highest BCUT2D eigenvalue weighted by atomic mass is 33.1. The van der Waals surface area contributed by atoms with E-state index < -0.39 is 15.2 Å². The third kappa shape index (κ3) is 1.61. The fourth-order valence-corrected chi connectivity index (χ4v) is 8.34. The summed E-state index contributed by atoms with van der Waals surface area (Å²) in [5, 5.41) is 11.8. The van der Waals surface area contributed by atoms with E-state index in [0.29, 0.717) is 6.42 Å². The van der Waals surface area contributed by atoms with Gasteiger partial charge in [-0.1, -0.05) is 27.7 Å². The van der Waals surface area contributed by atoms with Crippen molar-refractivity contribution in [2.45, 2.75) is 36.1 Å². The van der Waals surface area contributed by atoms with Gasteiger partial charge in [0, 0.05) is 18.3 Å². The highest BCUT2D eigenvalue weighted by molar-refractivity contribution is 8.78. The third-order valence-electron chi connectivity index (χ3n) is 5.16. The van der Waals surface area contributed by atoms with Crippen LogP contribution in [0, 0.1) is 16.7 Å². The van der Waals surface area contributed by atoms with Crippen LogP contribution in [0.1, 0.15) is 31.2 Å². The molecule has 1 unspecified atom stereocenters. The number of piperazine rings is 1. The molecule has 2 bridgehead atoms. The molecule has 4 aliphatic rings. The average molecular weight is 366 g/mol. The van der Waals surface area contributed by atoms with E-state index in [2.05, 4.69) is 6.07 Å². The van der Waals surface area contributed by atoms with Crippen molar-refractivity contribution in [3.8, 4) is 6.07 Å². The molecule has 0 saturated carbocycles. The van der Waals surface area contributed by atoms with Crippen LogP contribution >= 0.6 is 32.9 Å². The van der Waals surface area contributed by atoms with Crippen molar-refractivity contribution >= 4 is 44.7 Å². The molecule has 4 aliphatic heterocycles. The number of likely N-dealkylation sites (N-methyl/N-ethyl adjacent to an activating group) is 1. The van der Waals surface area contributed by atoms with Crippen LogP contribution in [0.25, 0.3) is 0 Å². The van der Waals surface area contributed by atoms with E-state index in [1.165, 1.54) is 32.9 Å². The molecule has 0 N–H and O–H groups in total. The summed E-state index contributed by atoms with van der Waals surface area (Å²) in [7, 11) is 4.57. The number of nitriles is 1. The maximum absolute atomic E-state index is 13.2. The summed E-state index contributed by atoms with van der Waals surface area (Å²) < 4.78 is 0. The highest BCUT2D eigenvalue weighted by Crippen LogP contribution is 2.69. The van der Waals surface area contributed by atoms with Crippen molar-refractivity contribution in [1.82, 2.24) is 9.80 Å². The van der Waals surface area contributed by atoms with Crippen molar-refractivity contribution in [2.75, 3.05) is 7.05 Å². The highest BCUT2D eigenvalue weighted by Gasteiger charge is 2.74. The molecule has 5 rings (SSSR count). The molecule has 0 aromatic carbocycles. The lowest BCUT2D eigenvalue weighted by atomic mass is 9.82. The summed E-state index contributed by atoms with van der Waals surface area (Å²) in [6.07, 6.45) is 0.363. The minimum absolute atomic E-state index is 0.0659. The first-order chi connectivity index (χ1) is 10.8. The van der Waals surface area contributed by atoms with Crippen LogP contribution in [-0.2, 0) is 9.59 Å². The van der Waals surface area contributed by atoms with Crippen molar-refractivity contribution in [3.05, 3.63) is 22.4 Å². The zero-order valence-corrected chi connectivity index (χ0v) is 15.3. The molecule has 4 atom stereocenters. The molecule has 1 aromatic rings.